The van der Waals surface area contributed by atoms with Crippen molar-refractivity contribution in [3.8, 4) is 0 Å². The van der Waals surface area contributed by atoms with E-state index in [9.17, 15) is 0 Å². The lowest BCUT2D eigenvalue weighted by molar-refractivity contribution is 0.510. The lowest BCUT2D eigenvalue weighted by Gasteiger charge is -2.05. The molecule has 20 heavy (non-hydrogen) atoms. The lowest BCUT2D eigenvalue weighted by atomic mass is 10.2. The van der Waals surface area contributed by atoms with Crippen molar-refractivity contribution in [2.45, 2.75) is 12.3 Å². The second-order valence-electron chi connectivity index (χ2n) is 4.22. The van der Waals surface area contributed by atoms with Crippen LogP contribution in [0.5, 0.6) is 0 Å². The van der Waals surface area contributed by atoms with Gasteiger partial charge in [-0.05, 0) is 35.0 Å². The van der Waals surface area contributed by atoms with Gasteiger partial charge in [-0.3, -0.25) is 4.98 Å². The Kier molecular flexibility index (Phi) is 3.58. The van der Waals surface area contributed by atoms with Gasteiger partial charge in [-0.1, -0.05) is 17.2 Å². The Balaban J connectivity index is 1.97. The maximum absolute atomic E-state index is 5.89. The maximum Gasteiger partial charge on any atom is 0.320 e. The first-order valence-corrected chi connectivity index (χ1v) is 7.15. The average molecular weight is 354 g/mol. The van der Waals surface area contributed by atoms with Crippen molar-refractivity contribution < 1.29 is 4.42 Å². The van der Waals surface area contributed by atoms with Crippen LogP contribution in [0.15, 0.2) is 39.4 Å². The summed E-state index contributed by atoms with van der Waals surface area (Å²) in [4.78, 5) is 4.39. The molecule has 1 aromatic carbocycles. The number of hydrogen-bond donors (Lipinski definition) is 1. The zero-order valence-corrected chi connectivity index (χ0v) is 12.8. The Hall–Kier alpha value is -1.66. The number of nitrogens with zero attached hydrogens (tertiary/aromatic N) is 3. The molecule has 0 saturated carbocycles. The lowest BCUT2D eigenvalue weighted by Crippen LogP contribution is -1.93. The average Bonchev–Trinajstić information content (AvgIpc) is 2.87. The van der Waals surface area contributed by atoms with Gasteiger partial charge in [-0.2, -0.15) is 0 Å². The Bertz CT molecular complexity index is 759. The van der Waals surface area contributed by atoms with Gasteiger partial charge in [0.15, 0.2) is 0 Å². The number of alkyl halides is 1. The summed E-state index contributed by atoms with van der Waals surface area (Å²) in [5, 5.41) is 11.5. The summed E-state index contributed by atoms with van der Waals surface area (Å²) in [6.45, 7) is 1.77. The number of pyridine rings is 1. The highest BCUT2D eigenvalue weighted by Gasteiger charge is 2.12. The Morgan fingerprint density at radius 3 is 2.95 bits per heavy atom. The number of aromatic nitrogens is 3. The normalized spacial score (nSPS) is 12.6. The topological polar surface area (TPSA) is 63.8 Å². The minimum atomic E-state index is -0.320. The van der Waals surface area contributed by atoms with Crippen molar-refractivity contribution in [2.24, 2.45) is 0 Å². The fraction of sp³-hybridized carbons (Fsp3) is 0.154. The molecule has 0 radical (unpaired) electrons. The molecule has 102 valence electrons. The largest absolute Gasteiger partial charge is 0.406 e. The Morgan fingerprint density at radius 2 is 2.20 bits per heavy atom. The second kappa shape index (κ2) is 5.38. The van der Waals surface area contributed by atoms with Gasteiger partial charge in [0.1, 0.15) is 5.38 Å². The first-order valence-electron chi connectivity index (χ1n) is 5.92. The summed E-state index contributed by atoms with van der Waals surface area (Å²) in [6, 6.07) is 8.10. The van der Waals surface area contributed by atoms with E-state index in [1.165, 1.54) is 0 Å². The van der Waals surface area contributed by atoms with Gasteiger partial charge in [0, 0.05) is 16.1 Å². The molecule has 0 fully saturated rings. The van der Waals surface area contributed by atoms with Crippen LogP contribution in [0.1, 0.15) is 18.2 Å². The zero-order valence-electron chi connectivity index (χ0n) is 10.5. The van der Waals surface area contributed by atoms with E-state index < -0.39 is 0 Å². The smallest absolute Gasteiger partial charge is 0.320 e. The highest BCUT2D eigenvalue weighted by atomic mass is 79.9. The highest BCUT2D eigenvalue weighted by Crippen LogP contribution is 2.27. The first-order chi connectivity index (χ1) is 9.63. The Labute approximate surface area is 128 Å². The van der Waals surface area contributed by atoms with E-state index in [4.69, 9.17) is 16.0 Å². The van der Waals surface area contributed by atoms with E-state index in [1.54, 1.807) is 13.1 Å². The Morgan fingerprint density at radius 1 is 1.35 bits per heavy atom. The van der Waals surface area contributed by atoms with Crippen LogP contribution in [0.25, 0.3) is 10.9 Å². The van der Waals surface area contributed by atoms with Crippen LogP contribution >= 0.6 is 27.5 Å². The predicted molar refractivity (Wildman–Crippen MR) is 81.3 cm³/mol. The molecule has 2 heterocycles. The van der Waals surface area contributed by atoms with E-state index in [0.717, 1.165) is 21.1 Å². The van der Waals surface area contributed by atoms with Crippen LogP contribution in [-0.2, 0) is 0 Å². The van der Waals surface area contributed by atoms with E-state index in [2.05, 4.69) is 36.4 Å². The molecule has 0 saturated heterocycles. The number of benzene rings is 1. The van der Waals surface area contributed by atoms with Gasteiger partial charge < -0.3 is 9.73 Å². The molecule has 0 aliphatic carbocycles. The fourth-order valence-electron chi connectivity index (χ4n) is 1.80. The highest BCUT2D eigenvalue weighted by molar-refractivity contribution is 9.10. The van der Waals surface area contributed by atoms with Crippen molar-refractivity contribution >= 4 is 50.1 Å². The molecule has 7 heteroatoms. The number of hydrogen-bond acceptors (Lipinski definition) is 5. The van der Waals surface area contributed by atoms with Crippen molar-refractivity contribution in [2.75, 3.05) is 5.32 Å². The summed E-state index contributed by atoms with van der Waals surface area (Å²) < 4.78 is 6.35. The molecule has 0 bridgehead atoms. The molecule has 1 unspecified atom stereocenters. The molecule has 3 aromatic rings. The molecule has 0 aliphatic rings. The number of nitrogens with one attached hydrogen (secondary N) is 1. The summed E-state index contributed by atoms with van der Waals surface area (Å²) in [6.07, 6.45) is 1.74. The van der Waals surface area contributed by atoms with Gasteiger partial charge in [0.05, 0.1) is 11.2 Å². The van der Waals surface area contributed by atoms with Crippen molar-refractivity contribution in [3.63, 3.8) is 0 Å². The monoisotopic (exact) mass is 352 g/mol. The van der Waals surface area contributed by atoms with Gasteiger partial charge in [-0.15, -0.1) is 16.7 Å². The van der Waals surface area contributed by atoms with Crippen molar-refractivity contribution in [1.82, 2.24) is 15.2 Å². The summed E-state index contributed by atoms with van der Waals surface area (Å²) in [5.74, 6) is 0.380. The van der Waals surface area contributed by atoms with Gasteiger partial charge >= 0.3 is 6.01 Å². The third kappa shape index (κ3) is 2.62. The third-order valence-corrected chi connectivity index (χ3v) is 3.32. The number of rotatable bonds is 3. The van der Waals surface area contributed by atoms with Gasteiger partial charge in [0.2, 0.25) is 5.89 Å². The second-order valence-corrected chi connectivity index (χ2v) is 5.79. The predicted octanol–water partition coefficient (Wildman–Crippen LogP) is 4.42. The first kappa shape index (κ1) is 13.3. The summed E-state index contributed by atoms with van der Waals surface area (Å²) in [5.41, 5.74) is 1.63. The molecule has 2 aromatic heterocycles. The van der Waals surface area contributed by atoms with Crippen molar-refractivity contribution in [3.05, 3.63) is 40.8 Å². The SMILES string of the molecule is CC(Cl)c1nnc(Nc2cccc3cc(Br)cnc23)o1. The molecule has 1 N–H and O–H groups in total. The molecule has 1 atom stereocenters. The molecule has 3 rings (SSSR count). The number of fused-ring (bicyclic) bond motifs is 1. The number of anilines is 2. The fourth-order valence-corrected chi connectivity index (χ4v) is 2.23. The standard InChI is InChI=1S/C13H10BrClN4O/c1-7(15)12-18-19-13(20-12)17-10-4-2-3-8-5-9(14)6-16-11(8)10/h2-7H,1H3,(H,17,19). The number of para-hydroxylation sites is 1. The third-order valence-electron chi connectivity index (χ3n) is 2.70. The molecule has 0 aliphatic heterocycles. The minimum Gasteiger partial charge on any atom is -0.406 e. The molecule has 5 nitrogen and oxygen atoms in total. The van der Waals surface area contributed by atoms with Crippen LogP contribution in [0.3, 0.4) is 0 Å². The van der Waals surface area contributed by atoms with Crippen molar-refractivity contribution in [1.29, 1.82) is 0 Å². The van der Waals surface area contributed by atoms with E-state index in [0.29, 0.717) is 11.9 Å². The van der Waals surface area contributed by atoms with E-state index >= 15 is 0 Å². The van der Waals surface area contributed by atoms with E-state index in [1.807, 2.05) is 24.3 Å². The van der Waals surface area contributed by atoms with Crippen LogP contribution in [0, 0.1) is 0 Å². The molecular weight excluding hydrogens is 344 g/mol. The van der Waals surface area contributed by atoms with Crippen LogP contribution < -0.4 is 5.32 Å². The minimum absolute atomic E-state index is 0.296. The van der Waals surface area contributed by atoms with Crippen LogP contribution in [0.4, 0.5) is 11.7 Å². The quantitative estimate of drug-likeness (QED) is 0.706. The molecular formula is C13H10BrClN4O. The molecule has 0 spiro atoms. The van der Waals surface area contributed by atoms with Gasteiger partial charge in [-0.25, -0.2) is 0 Å². The zero-order chi connectivity index (χ0) is 14.1. The number of halogens is 2. The van der Waals surface area contributed by atoms with Crippen LogP contribution in [0.2, 0.25) is 0 Å². The van der Waals surface area contributed by atoms with E-state index in [-0.39, 0.29) is 5.38 Å². The summed E-state index contributed by atoms with van der Waals surface area (Å²) >= 11 is 9.29. The summed E-state index contributed by atoms with van der Waals surface area (Å²) in [7, 11) is 0. The van der Waals surface area contributed by atoms with Crippen LogP contribution in [-0.4, -0.2) is 15.2 Å². The van der Waals surface area contributed by atoms with Gasteiger partial charge in [0.25, 0.3) is 0 Å². The molecule has 0 amide bonds. The maximum atomic E-state index is 5.89.